The lowest BCUT2D eigenvalue weighted by molar-refractivity contribution is 0.562. The minimum absolute atomic E-state index is 0.109. The summed E-state index contributed by atoms with van der Waals surface area (Å²) in [7, 11) is 0. The minimum Gasteiger partial charge on any atom is -0.375 e. The van der Waals surface area contributed by atoms with Crippen molar-refractivity contribution in [1.82, 2.24) is 14.8 Å². The third-order valence-corrected chi connectivity index (χ3v) is 3.00. The predicted octanol–water partition coefficient (Wildman–Crippen LogP) is 1.67. The van der Waals surface area contributed by atoms with Crippen LogP contribution in [0.3, 0.4) is 0 Å². The van der Waals surface area contributed by atoms with Gasteiger partial charge in [0.15, 0.2) is 5.13 Å². The number of nitrogens with two attached hydrogens (primary N) is 1. The van der Waals surface area contributed by atoms with Crippen molar-refractivity contribution in [2.75, 3.05) is 5.73 Å². The van der Waals surface area contributed by atoms with E-state index in [1.807, 2.05) is 13.8 Å². The fraction of sp³-hybridized carbons (Fsp3) is 0.364. The fourth-order valence-corrected chi connectivity index (χ4v) is 2.20. The molecule has 0 spiro atoms. The van der Waals surface area contributed by atoms with E-state index in [0.717, 1.165) is 12.1 Å². The van der Waals surface area contributed by atoms with Gasteiger partial charge in [0.2, 0.25) is 0 Å². The van der Waals surface area contributed by atoms with Crippen LogP contribution in [0.4, 0.5) is 5.13 Å². The third kappa shape index (κ3) is 2.36. The van der Waals surface area contributed by atoms with Gasteiger partial charge in [0.25, 0.3) is 5.56 Å². The molecule has 2 rings (SSSR count). The van der Waals surface area contributed by atoms with Gasteiger partial charge in [0.05, 0.1) is 17.0 Å². The monoisotopic (exact) mass is 250 g/mol. The van der Waals surface area contributed by atoms with Gasteiger partial charge >= 0.3 is 0 Å². The lowest BCUT2D eigenvalue weighted by atomic mass is 10.2. The largest absolute Gasteiger partial charge is 0.375 e. The van der Waals surface area contributed by atoms with Crippen LogP contribution in [0.2, 0.25) is 0 Å². The standard InChI is InChI=1S/C11H14N4OS/c1-3-4-15-10(16)8(5-7(2)14-15)9-6-17-11(12)13-9/h5-6H,3-4H2,1-2H3,(H2,12,13). The highest BCUT2D eigenvalue weighted by molar-refractivity contribution is 7.13. The van der Waals surface area contributed by atoms with Crippen molar-refractivity contribution in [3.05, 3.63) is 27.5 Å². The van der Waals surface area contributed by atoms with Crippen LogP contribution in [-0.4, -0.2) is 14.8 Å². The van der Waals surface area contributed by atoms with E-state index in [1.165, 1.54) is 16.0 Å². The molecule has 0 aliphatic heterocycles. The van der Waals surface area contributed by atoms with E-state index in [2.05, 4.69) is 10.1 Å². The van der Waals surface area contributed by atoms with E-state index >= 15 is 0 Å². The van der Waals surface area contributed by atoms with Crippen LogP contribution in [0.25, 0.3) is 11.3 Å². The van der Waals surface area contributed by atoms with Gasteiger partial charge in [-0.2, -0.15) is 5.10 Å². The van der Waals surface area contributed by atoms with Crippen LogP contribution >= 0.6 is 11.3 Å². The van der Waals surface area contributed by atoms with E-state index in [9.17, 15) is 4.79 Å². The van der Waals surface area contributed by atoms with E-state index < -0.39 is 0 Å². The number of thiazole rings is 1. The zero-order chi connectivity index (χ0) is 12.4. The maximum absolute atomic E-state index is 12.1. The molecular weight excluding hydrogens is 236 g/mol. The Morgan fingerprint density at radius 3 is 2.88 bits per heavy atom. The summed E-state index contributed by atoms with van der Waals surface area (Å²) in [6.45, 7) is 4.49. The average molecular weight is 250 g/mol. The van der Waals surface area contributed by atoms with Crippen LogP contribution in [0.1, 0.15) is 19.0 Å². The van der Waals surface area contributed by atoms with Crippen molar-refractivity contribution in [3.63, 3.8) is 0 Å². The number of nitrogen functional groups attached to an aromatic ring is 1. The zero-order valence-corrected chi connectivity index (χ0v) is 10.6. The first kappa shape index (κ1) is 11.8. The first-order valence-corrected chi connectivity index (χ1v) is 6.30. The molecule has 0 bridgehead atoms. The van der Waals surface area contributed by atoms with Crippen molar-refractivity contribution >= 4 is 16.5 Å². The Labute approximate surface area is 103 Å². The smallest absolute Gasteiger partial charge is 0.276 e. The first-order chi connectivity index (χ1) is 8.11. The molecule has 0 radical (unpaired) electrons. The molecule has 2 N–H and O–H groups in total. The Bertz CT molecular complexity index is 587. The zero-order valence-electron chi connectivity index (χ0n) is 9.80. The van der Waals surface area contributed by atoms with Crippen molar-refractivity contribution in [2.24, 2.45) is 0 Å². The van der Waals surface area contributed by atoms with Crippen LogP contribution in [0.5, 0.6) is 0 Å². The molecule has 0 saturated carbocycles. The summed E-state index contributed by atoms with van der Waals surface area (Å²) in [4.78, 5) is 16.3. The van der Waals surface area contributed by atoms with Crippen molar-refractivity contribution in [3.8, 4) is 11.3 Å². The maximum Gasteiger partial charge on any atom is 0.276 e. The molecule has 2 aromatic heterocycles. The van der Waals surface area contributed by atoms with Crippen molar-refractivity contribution < 1.29 is 0 Å². The molecule has 6 heteroatoms. The minimum atomic E-state index is -0.109. The quantitative estimate of drug-likeness (QED) is 0.899. The number of nitrogens with zero attached hydrogens (tertiary/aromatic N) is 3. The second-order valence-corrected chi connectivity index (χ2v) is 4.69. The molecule has 0 fully saturated rings. The van der Waals surface area contributed by atoms with E-state index in [1.54, 1.807) is 11.4 Å². The molecule has 0 aliphatic carbocycles. The van der Waals surface area contributed by atoms with Crippen LogP contribution in [0.15, 0.2) is 16.2 Å². The highest BCUT2D eigenvalue weighted by atomic mass is 32.1. The lowest BCUT2D eigenvalue weighted by Gasteiger charge is -2.06. The van der Waals surface area contributed by atoms with Gasteiger partial charge in [0.1, 0.15) is 0 Å². The van der Waals surface area contributed by atoms with E-state index in [0.29, 0.717) is 22.9 Å². The number of anilines is 1. The van der Waals surface area contributed by atoms with Crippen molar-refractivity contribution in [2.45, 2.75) is 26.8 Å². The summed E-state index contributed by atoms with van der Waals surface area (Å²) < 4.78 is 1.49. The molecule has 0 atom stereocenters. The topological polar surface area (TPSA) is 73.8 Å². The molecule has 2 heterocycles. The molecule has 0 aliphatic rings. The molecule has 0 unspecified atom stereocenters. The SMILES string of the molecule is CCCn1nc(C)cc(-c2csc(N)n2)c1=O. The molecule has 2 aromatic rings. The fourth-order valence-electron chi connectivity index (χ4n) is 1.63. The molecule has 90 valence electrons. The molecule has 17 heavy (non-hydrogen) atoms. The van der Waals surface area contributed by atoms with Crippen LogP contribution < -0.4 is 11.3 Å². The van der Waals surface area contributed by atoms with Crippen LogP contribution in [-0.2, 0) is 6.54 Å². The number of aryl methyl sites for hydroxylation is 2. The molecule has 5 nitrogen and oxygen atoms in total. The summed E-state index contributed by atoms with van der Waals surface area (Å²) in [5.74, 6) is 0. The molecular formula is C11H14N4OS. The molecule has 0 aromatic carbocycles. The number of aromatic nitrogens is 3. The Hall–Kier alpha value is -1.69. The Morgan fingerprint density at radius 1 is 1.53 bits per heavy atom. The van der Waals surface area contributed by atoms with Gasteiger partial charge in [-0.05, 0) is 19.4 Å². The van der Waals surface area contributed by atoms with Crippen LogP contribution in [0, 0.1) is 6.92 Å². The second kappa shape index (κ2) is 4.67. The van der Waals surface area contributed by atoms with Crippen molar-refractivity contribution in [1.29, 1.82) is 0 Å². The Morgan fingerprint density at radius 2 is 2.29 bits per heavy atom. The summed E-state index contributed by atoms with van der Waals surface area (Å²) in [5, 5.41) is 6.47. The van der Waals surface area contributed by atoms with Gasteiger partial charge in [-0.15, -0.1) is 11.3 Å². The summed E-state index contributed by atoms with van der Waals surface area (Å²) >= 11 is 1.33. The normalized spacial score (nSPS) is 10.7. The van der Waals surface area contributed by atoms with Gasteiger partial charge in [-0.25, -0.2) is 9.67 Å². The van der Waals surface area contributed by atoms with E-state index in [4.69, 9.17) is 5.73 Å². The maximum atomic E-state index is 12.1. The predicted molar refractivity (Wildman–Crippen MR) is 69.0 cm³/mol. The number of hydrogen-bond acceptors (Lipinski definition) is 5. The number of rotatable bonds is 3. The number of hydrogen-bond donors (Lipinski definition) is 1. The summed E-state index contributed by atoms with van der Waals surface area (Å²) in [6.07, 6.45) is 0.870. The first-order valence-electron chi connectivity index (χ1n) is 5.42. The highest BCUT2D eigenvalue weighted by Gasteiger charge is 2.11. The van der Waals surface area contributed by atoms with Gasteiger partial charge in [-0.3, -0.25) is 4.79 Å². The third-order valence-electron chi connectivity index (χ3n) is 2.33. The summed E-state index contributed by atoms with van der Waals surface area (Å²) in [6, 6.07) is 1.75. The molecule has 0 amide bonds. The second-order valence-electron chi connectivity index (χ2n) is 3.80. The Balaban J connectivity index is 2.58. The average Bonchev–Trinajstić information content (AvgIpc) is 2.70. The van der Waals surface area contributed by atoms with Gasteiger partial charge in [-0.1, -0.05) is 6.92 Å². The summed E-state index contributed by atoms with van der Waals surface area (Å²) in [5.41, 5.74) is 7.48. The van der Waals surface area contributed by atoms with Gasteiger partial charge in [0, 0.05) is 11.9 Å². The van der Waals surface area contributed by atoms with Gasteiger partial charge < -0.3 is 5.73 Å². The molecule has 0 saturated heterocycles. The Kier molecular flexibility index (Phi) is 3.23. The lowest BCUT2D eigenvalue weighted by Crippen LogP contribution is -2.25. The highest BCUT2D eigenvalue weighted by Crippen LogP contribution is 2.20. The van der Waals surface area contributed by atoms with E-state index in [-0.39, 0.29) is 5.56 Å².